The maximum Gasteiger partial charge on any atom is 0.221 e. The lowest BCUT2D eigenvalue weighted by atomic mass is 10.1. The summed E-state index contributed by atoms with van der Waals surface area (Å²) in [5.74, 6) is -0.0261. The molecule has 1 atom stereocenters. The van der Waals surface area contributed by atoms with E-state index in [0.717, 1.165) is 16.0 Å². The molecule has 0 fully saturated rings. The Hall–Kier alpha value is -1.96. The Morgan fingerprint density at radius 3 is 2.46 bits per heavy atom. The number of aryl methyl sites for hydroxylation is 1. The van der Waals surface area contributed by atoms with Gasteiger partial charge in [-0.3, -0.25) is 4.79 Å². The molecule has 7 heteroatoms. The predicted octanol–water partition coefficient (Wildman–Crippen LogP) is 4.05. The van der Waals surface area contributed by atoms with Gasteiger partial charge in [-0.05, 0) is 58.0 Å². The van der Waals surface area contributed by atoms with E-state index in [-0.39, 0.29) is 11.9 Å². The molecule has 26 heavy (non-hydrogen) atoms. The van der Waals surface area contributed by atoms with Gasteiger partial charge in [0.25, 0.3) is 0 Å². The van der Waals surface area contributed by atoms with Gasteiger partial charge in [0.15, 0.2) is 9.84 Å². The third-order valence-corrected chi connectivity index (χ3v) is 6.77. The molecule has 136 valence electrons. The average molecular weight is 406 g/mol. The van der Waals surface area contributed by atoms with Crippen molar-refractivity contribution in [2.24, 2.45) is 0 Å². The second-order valence-electron chi connectivity index (χ2n) is 5.99. The molecular formula is C19H19NO3S3. The summed E-state index contributed by atoms with van der Waals surface area (Å²) in [5, 5.41) is 9.17. The quantitative estimate of drug-likeness (QED) is 0.645. The zero-order valence-electron chi connectivity index (χ0n) is 14.2. The number of hydrogen-bond donors (Lipinski definition) is 1. The highest BCUT2D eigenvalue weighted by Gasteiger charge is 2.18. The second kappa shape index (κ2) is 8.16. The van der Waals surface area contributed by atoms with Crippen LogP contribution in [-0.4, -0.2) is 20.6 Å². The first-order chi connectivity index (χ1) is 12.4. The average Bonchev–Trinajstić information content (AvgIpc) is 3.31. The molecule has 3 aromatic rings. The van der Waals surface area contributed by atoms with E-state index in [1.54, 1.807) is 46.9 Å². The monoisotopic (exact) mass is 405 g/mol. The zero-order chi connectivity index (χ0) is 18.6. The van der Waals surface area contributed by atoms with Crippen molar-refractivity contribution < 1.29 is 13.2 Å². The van der Waals surface area contributed by atoms with Crippen LogP contribution in [0.15, 0.2) is 63.5 Å². The van der Waals surface area contributed by atoms with E-state index in [1.165, 1.54) is 6.26 Å². The van der Waals surface area contributed by atoms with Crippen LogP contribution < -0.4 is 5.32 Å². The maximum absolute atomic E-state index is 12.4. The lowest BCUT2D eigenvalue weighted by Gasteiger charge is -2.16. The Labute approximate surface area is 161 Å². The van der Waals surface area contributed by atoms with Crippen LogP contribution in [-0.2, 0) is 21.1 Å². The lowest BCUT2D eigenvalue weighted by Crippen LogP contribution is -2.28. The highest BCUT2D eigenvalue weighted by atomic mass is 32.2. The summed E-state index contributed by atoms with van der Waals surface area (Å²) in [6.45, 7) is 0. The molecule has 0 spiro atoms. The van der Waals surface area contributed by atoms with Gasteiger partial charge in [0.05, 0.1) is 10.9 Å². The molecule has 3 rings (SSSR count). The maximum atomic E-state index is 12.4. The zero-order valence-corrected chi connectivity index (χ0v) is 16.7. The highest BCUT2D eigenvalue weighted by molar-refractivity contribution is 7.90. The first kappa shape index (κ1) is 18.8. The molecule has 0 aliphatic carbocycles. The molecule has 2 heterocycles. The molecule has 0 aliphatic rings. The number of sulfone groups is 1. The third kappa shape index (κ3) is 4.81. The Balaban J connectivity index is 1.62. The molecule has 0 saturated carbocycles. The fourth-order valence-corrected chi connectivity index (χ4v) is 4.73. The predicted molar refractivity (Wildman–Crippen MR) is 106 cm³/mol. The van der Waals surface area contributed by atoms with Crippen LogP contribution in [0.25, 0.3) is 0 Å². The minimum Gasteiger partial charge on any atom is -0.344 e. The summed E-state index contributed by atoms with van der Waals surface area (Å²) < 4.78 is 23.0. The van der Waals surface area contributed by atoms with Crippen molar-refractivity contribution in [3.8, 4) is 0 Å². The molecule has 4 nitrogen and oxygen atoms in total. The number of carbonyl (C=O) groups excluding carboxylic acids is 1. The van der Waals surface area contributed by atoms with Crippen LogP contribution in [0.1, 0.15) is 28.5 Å². The number of carbonyl (C=O) groups is 1. The molecule has 1 aromatic carbocycles. The van der Waals surface area contributed by atoms with E-state index in [9.17, 15) is 13.2 Å². The van der Waals surface area contributed by atoms with Gasteiger partial charge < -0.3 is 5.32 Å². The van der Waals surface area contributed by atoms with Crippen LogP contribution in [0.2, 0.25) is 0 Å². The standard InChI is InChI=1S/C19H19NO3S3/c1-26(22,23)16-7-4-14(5-8-16)6-9-18(21)20-19(15-10-12-24-13-15)17-3-2-11-25-17/h2-5,7-8,10-13,19H,6,9H2,1H3,(H,20,21). The minimum absolute atomic E-state index is 0.0261. The normalized spacial score (nSPS) is 12.7. The number of nitrogens with one attached hydrogen (secondary N) is 1. The number of hydrogen-bond acceptors (Lipinski definition) is 5. The Morgan fingerprint density at radius 1 is 1.12 bits per heavy atom. The van der Waals surface area contributed by atoms with Gasteiger partial charge in [0.1, 0.15) is 0 Å². The van der Waals surface area contributed by atoms with Crippen LogP contribution in [0, 0.1) is 0 Å². The van der Waals surface area contributed by atoms with Crippen molar-refractivity contribution in [2.45, 2.75) is 23.8 Å². The van der Waals surface area contributed by atoms with Crippen LogP contribution in [0.5, 0.6) is 0 Å². The van der Waals surface area contributed by atoms with Crippen molar-refractivity contribution in [1.29, 1.82) is 0 Å². The highest BCUT2D eigenvalue weighted by Crippen LogP contribution is 2.27. The molecule has 1 unspecified atom stereocenters. The summed E-state index contributed by atoms with van der Waals surface area (Å²) in [7, 11) is -3.19. The van der Waals surface area contributed by atoms with E-state index in [4.69, 9.17) is 0 Å². The first-order valence-corrected chi connectivity index (χ1v) is 11.8. The second-order valence-corrected chi connectivity index (χ2v) is 9.76. The van der Waals surface area contributed by atoms with E-state index in [1.807, 2.05) is 29.0 Å². The van der Waals surface area contributed by atoms with Crippen LogP contribution >= 0.6 is 22.7 Å². The molecular weight excluding hydrogens is 386 g/mol. The molecule has 2 aromatic heterocycles. The number of amides is 1. The van der Waals surface area contributed by atoms with E-state index in [0.29, 0.717) is 17.7 Å². The van der Waals surface area contributed by atoms with Gasteiger partial charge >= 0.3 is 0 Å². The topological polar surface area (TPSA) is 63.2 Å². The summed E-state index contributed by atoms with van der Waals surface area (Å²) in [6.07, 6.45) is 2.10. The van der Waals surface area contributed by atoms with Crippen molar-refractivity contribution >= 4 is 38.4 Å². The summed E-state index contributed by atoms with van der Waals surface area (Å²) in [4.78, 5) is 13.8. The fraction of sp³-hybridized carbons (Fsp3) is 0.211. The summed E-state index contributed by atoms with van der Waals surface area (Å²) in [6, 6.07) is 12.6. The minimum atomic E-state index is -3.19. The molecule has 1 amide bonds. The Bertz CT molecular complexity index is 910. The van der Waals surface area contributed by atoms with E-state index >= 15 is 0 Å². The van der Waals surface area contributed by atoms with Crippen molar-refractivity contribution in [1.82, 2.24) is 5.32 Å². The molecule has 0 aliphatic heterocycles. The molecule has 0 saturated heterocycles. The van der Waals surface area contributed by atoms with Crippen molar-refractivity contribution in [3.63, 3.8) is 0 Å². The molecule has 0 radical (unpaired) electrons. The van der Waals surface area contributed by atoms with Crippen LogP contribution in [0.3, 0.4) is 0 Å². The SMILES string of the molecule is CS(=O)(=O)c1ccc(CCC(=O)NC(c2ccsc2)c2cccs2)cc1. The Kier molecular flexibility index (Phi) is 5.90. The number of benzene rings is 1. The number of thiophene rings is 2. The smallest absolute Gasteiger partial charge is 0.221 e. The van der Waals surface area contributed by atoms with Crippen molar-refractivity contribution in [2.75, 3.05) is 6.26 Å². The third-order valence-electron chi connectivity index (χ3n) is 4.00. The van der Waals surface area contributed by atoms with Gasteiger partial charge in [-0.1, -0.05) is 18.2 Å². The summed E-state index contributed by atoms with van der Waals surface area (Å²) in [5.41, 5.74) is 2.03. The first-order valence-electron chi connectivity index (χ1n) is 8.07. The van der Waals surface area contributed by atoms with E-state index in [2.05, 4.69) is 10.7 Å². The van der Waals surface area contributed by atoms with Gasteiger partial charge in [-0.2, -0.15) is 11.3 Å². The molecule has 1 N–H and O–H groups in total. The summed E-state index contributed by atoms with van der Waals surface area (Å²) >= 11 is 3.23. The van der Waals surface area contributed by atoms with Gasteiger partial charge in [-0.25, -0.2) is 8.42 Å². The van der Waals surface area contributed by atoms with Crippen molar-refractivity contribution in [3.05, 3.63) is 74.6 Å². The van der Waals surface area contributed by atoms with E-state index < -0.39 is 9.84 Å². The van der Waals surface area contributed by atoms with Gasteiger partial charge in [0, 0.05) is 17.6 Å². The number of rotatable bonds is 7. The van der Waals surface area contributed by atoms with Gasteiger partial charge in [-0.15, -0.1) is 11.3 Å². The van der Waals surface area contributed by atoms with Gasteiger partial charge in [0.2, 0.25) is 5.91 Å². The molecule has 0 bridgehead atoms. The fourth-order valence-electron chi connectivity index (χ4n) is 2.61. The largest absolute Gasteiger partial charge is 0.344 e. The lowest BCUT2D eigenvalue weighted by molar-refractivity contribution is -0.121. The van der Waals surface area contributed by atoms with Crippen LogP contribution in [0.4, 0.5) is 0 Å². The Morgan fingerprint density at radius 2 is 1.88 bits per heavy atom.